The van der Waals surface area contributed by atoms with Crippen molar-refractivity contribution in [3.05, 3.63) is 36.5 Å². The van der Waals surface area contributed by atoms with Crippen molar-refractivity contribution >= 4 is 35.8 Å². The molecule has 0 aliphatic carbocycles. The standard InChI is InChI=1S/C44H72O13/c1-4-7-10-13-16-19-31-52-38(46)25-22-28-41(49)55-35-44(34-45,36-56-42(50)29-23-26-39(47)53-32-20-17-14-11-8-5-2)37-57-43(51)30-24-27-40(48)54-33-21-18-15-12-9-6-3/h7-12,45H,4-6,13-37H2,1-3H3/b10-7-,11-8-,12-9-. The van der Waals surface area contributed by atoms with E-state index in [2.05, 4.69) is 57.2 Å². The highest BCUT2D eigenvalue weighted by atomic mass is 16.6. The number of aliphatic hydroxyl groups excluding tert-OH is 1. The van der Waals surface area contributed by atoms with Gasteiger partial charge in [0, 0.05) is 38.5 Å². The molecule has 0 fully saturated rings. The van der Waals surface area contributed by atoms with Gasteiger partial charge in [-0.1, -0.05) is 57.2 Å². The zero-order valence-corrected chi connectivity index (χ0v) is 35.1. The van der Waals surface area contributed by atoms with Gasteiger partial charge >= 0.3 is 35.8 Å². The molecule has 0 radical (unpaired) electrons. The Morgan fingerprint density at radius 3 is 0.895 bits per heavy atom. The highest BCUT2D eigenvalue weighted by Crippen LogP contribution is 2.21. The number of hydrogen-bond acceptors (Lipinski definition) is 13. The number of hydrogen-bond donors (Lipinski definition) is 1. The van der Waals surface area contributed by atoms with Gasteiger partial charge in [-0.2, -0.15) is 0 Å². The van der Waals surface area contributed by atoms with Crippen LogP contribution in [0.25, 0.3) is 0 Å². The van der Waals surface area contributed by atoms with Crippen LogP contribution in [-0.2, 0) is 57.2 Å². The van der Waals surface area contributed by atoms with Gasteiger partial charge in [0.05, 0.1) is 31.8 Å². The molecule has 0 rings (SSSR count). The van der Waals surface area contributed by atoms with Crippen molar-refractivity contribution < 1.29 is 62.3 Å². The Hall–Kier alpha value is -4.00. The Labute approximate surface area is 341 Å². The fraction of sp³-hybridized carbons (Fsp3) is 0.727. The van der Waals surface area contributed by atoms with Crippen LogP contribution in [0.3, 0.4) is 0 Å². The van der Waals surface area contributed by atoms with Gasteiger partial charge in [-0.25, -0.2) is 0 Å². The summed E-state index contributed by atoms with van der Waals surface area (Å²) in [5.74, 6) is -3.22. The predicted molar refractivity (Wildman–Crippen MR) is 217 cm³/mol. The first-order chi connectivity index (χ1) is 27.6. The number of carbonyl (C=O) groups excluding carboxylic acids is 6. The number of rotatable bonds is 37. The van der Waals surface area contributed by atoms with E-state index in [-0.39, 0.29) is 57.8 Å². The summed E-state index contributed by atoms with van der Waals surface area (Å²) in [7, 11) is 0. The van der Waals surface area contributed by atoms with Crippen molar-refractivity contribution in [3.8, 4) is 0 Å². The third kappa shape index (κ3) is 33.8. The molecule has 13 heteroatoms. The second kappa shape index (κ2) is 37.6. The van der Waals surface area contributed by atoms with Crippen LogP contribution in [0.2, 0.25) is 0 Å². The van der Waals surface area contributed by atoms with E-state index >= 15 is 0 Å². The average molecular weight is 809 g/mol. The van der Waals surface area contributed by atoms with Gasteiger partial charge in [-0.15, -0.1) is 0 Å². The Morgan fingerprint density at radius 2 is 0.649 bits per heavy atom. The lowest BCUT2D eigenvalue weighted by atomic mass is 9.92. The molecule has 13 nitrogen and oxygen atoms in total. The van der Waals surface area contributed by atoms with E-state index < -0.39 is 67.7 Å². The molecule has 0 atom stereocenters. The van der Waals surface area contributed by atoms with Crippen molar-refractivity contribution in [2.75, 3.05) is 46.2 Å². The van der Waals surface area contributed by atoms with Crippen LogP contribution in [0.4, 0.5) is 0 Å². The SMILES string of the molecule is CC/C=C\CCCCOC(=O)CCCC(=O)OCC(CO)(COC(=O)CCCC(=O)OCCCC/C=C\CC)COC(=O)CCCC(=O)OCCCC/C=C\CC. The lowest BCUT2D eigenvalue weighted by Crippen LogP contribution is -2.42. The highest BCUT2D eigenvalue weighted by molar-refractivity contribution is 5.74. The van der Waals surface area contributed by atoms with E-state index in [4.69, 9.17) is 28.4 Å². The summed E-state index contributed by atoms with van der Waals surface area (Å²) < 4.78 is 31.9. The number of aliphatic hydroxyl groups is 1. The third-order valence-corrected chi connectivity index (χ3v) is 8.53. The number of esters is 6. The fourth-order valence-corrected chi connectivity index (χ4v) is 5.03. The van der Waals surface area contributed by atoms with Crippen molar-refractivity contribution in [1.29, 1.82) is 0 Å². The van der Waals surface area contributed by atoms with Gasteiger partial charge in [-0.3, -0.25) is 28.8 Å². The number of carbonyl (C=O) groups is 6. The monoisotopic (exact) mass is 808 g/mol. The van der Waals surface area contributed by atoms with Crippen LogP contribution < -0.4 is 0 Å². The Kier molecular flexibility index (Phi) is 34.9. The zero-order valence-electron chi connectivity index (χ0n) is 35.1. The summed E-state index contributed by atoms with van der Waals surface area (Å²) in [4.78, 5) is 74.0. The van der Waals surface area contributed by atoms with E-state index in [1.165, 1.54) is 0 Å². The number of allylic oxidation sites excluding steroid dienone is 6. The molecular weight excluding hydrogens is 736 g/mol. The van der Waals surface area contributed by atoms with Gasteiger partial charge in [0.1, 0.15) is 19.8 Å². The quantitative estimate of drug-likeness (QED) is 0.0275. The maximum atomic E-state index is 12.6. The molecule has 0 saturated heterocycles. The third-order valence-electron chi connectivity index (χ3n) is 8.53. The van der Waals surface area contributed by atoms with Crippen molar-refractivity contribution in [1.82, 2.24) is 0 Å². The summed E-state index contributed by atoms with van der Waals surface area (Å²) >= 11 is 0. The van der Waals surface area contributed by atoms with Crippen molar-refractivity contribution in [2.45, 2.75) is 156 Å². The summed E-state index contributed by atoms with van der Waals surface area (Å²) in [6.07, 6.45) is 23.6. The molecule has 0 saturated carbocycles. The van der Waals surface area contributed by atoms with Gasteiger partial charge in [0.15, 0.2) is 0 Å². The summed E-state index contributed by atoms with van der Waals surface area (Å²) in [5, 5.41) is 10.4. The molecule has 0 aromatic rings. The number of ether oxygens (including phenoxy) is 6. The lowest BCUT2D eigenvalue weighted by Gasteiger charge is -2.30. The Bertz CT molecular complexity index is 1050. The van der Waals surface area contributed by atoms with Crippen LogP contribution in [0.5, 0.6) is 0 Å². The molecule has 0 aromatic heterocycles. The molecule has 0 spiro atoms. The molecule has 326 valence electrons. The average Bonchev–Trinajstić information content (AvgIpc) is 3.19. The maximum absolute atomic E-state index is 12.6. The number of unbranched alkanes of at least 4 members (excludes halogenated alkanes) is 6. The fourth-order valence-electron chi connectivity index (χ4n) is 5.03. The minimum Gasteiger partial charge on any atom is -0.466 e. The largest absolute Gasteiger partial charge is 0.466 e. The molecular formula is C44H72O13. The molecule has 0 aliphatic rings. The lowest BCUT2D eigenvalue weighted by molar-refractivity contribution is -0.165. The minimum atomic E-state index is -1.48. The normalized spacial score (nSPS) is 11.6. The smallest absolute Gasteiger partial charge is 0.305 e. The first kappa shape index (κ1) is 53.0. The second-order valence-electron chi connectivity index (χ2n) is 14.0. The zero-order chi connectivity index (χ0) is 42.2. The Morgan fingerprint density at radius 1 is 0.386 bits per heavy atom. The minimum absolute atomic E-state index is 0.0274. The maximum Gasteiger partial charge on any atom is 0.305 e. The van der Waals surface area contributed by atoms with E-state index in [0.29, 0.717) is 19.8 Å². The summed E-state index contributed by atoms with van der Waals surface area (Å²) in [5.41, 5.74) is -1.48. The van der Waals surface area contributed by atoms with Crippen LogP contribution in [0.1, 0.15) is 156 Å². The molecule has 0 aliphatic heterocycles. The molecule has 0 amide bonds. The summed E-state index contributed by atoms with van der Waals surface area (Å²) in [6, 6.07) is 0. The molecule has 0 heterocycles. The van der Waals surface area contributed by atoms with E-state index in [0.717, 1.165) is 77.0 Å². The van der Waals surface area contributed by atoms with E-state index in [1.54, 1.807) is 0 Å². The summed E-state index contributed by atoms with van der Waals surface area (Å²) in [6.45, 7) is 5.13. The van der Waals surface area contributed by atoms with Crippen LogP contribution in [-0.4, -0.2) is 87.2 Å². The van der Waals surface area contributed by atoms with Gasteiger partial charge in [-0.05, 0) is 96.3 Å². The van der Waals surface area contributed by atoms with Gasteiger partial charge in [0.25, 0.3) is 0 Å². The predicted octanol–water partition coefficient (Wildman–Crippen LogP) is 8.14. The molecule has 0 aromatic carbocycles. The first-order valence-corrected chi connectivity index (χ1v) is 21.1. The van der Waals surface area contributed by atoms with Crippen LogP contribution in [0.15, 0.2) is 36.5 Å². The topological polar surface area (TPSA) is 178 Å². The van der Waals surface area contributed by atoms with Crippen molar-refractivity contribution in [2.24, 2.45) is 5.41 Å². The van der Waals surface area contributed by atoms with Crippen LogP contribution in [0, 0.1) is 5.41 Å². The second-order valence-corrected chi connectivity index (χ2v) is 14.0. The van der Waals surface area contributed by atoms with Gasteiger partial charge < -0.3 is 33.5 Å². The molecule has 57 heavy (non-hydrogen) atoms. The highest BCUT2D eigenvalue weighted by Gasteiger charge is 2.35. The first-order valence-electron chi connectivity index (χ1n) is 21.1. The van der Waals surface area contributed by atoms with Crippen molar-refractivity contribution in [3.63, 3.8) is 0 Å². The van der Waals surface area contributed by atoms with Gasteiger partial charge in [0.2, 0.25) is 0 Å². The van der Waals surface area contributed by atoms with E-state index in [9.17, 15) is 33.9 Å². The van der Waals surface area contributed by atoms with E-state index in [1.807, 2.05) is 0 Å². The Balaban J connectivity index is 4.92. The van der Waals surface area contributed by atoms with Crippen LogP contribution >= 0.6 is 0 Å². The molecule has 0 unspecified atom stereocenters. The molecule has 1 N–H and O–H groups in total. The molecule has 0 bridgehead atoms.